The number of hydrogen-bond donors (Lipinski definition) is 1. The number of benzene rings is 1. The third kappa shape index (κ3) is 4.22. The Bertz CT molecular complexity index is 394. The van der Waals surface area contributed by atoms with Crippen LogP contribution in [0.2, 0.25) is 0 Å². The zero-order chi connectivity index (χ0) is 14.4. The van der Waals surface area contributed by atoms with Crippen LogP contribution in [0.5, 0.6) is 5.75 Å². The molecule has 2 rings (SSSR count). The lowest BCUT2D eigenvalue weighted by Crippen LogP contribution is -2.44. The van der Waals surface area contributed by atoms with Gasteiger partial charge in [-0.3, -0.25) is 4.90 Å². The van der Waals surface area contributed by atoms with E-state index in [9.17, 15) is 0 Å². The summed E-state index contributed by atoms with van der Waals surface area (Å²) >= 11 is 0. The van der Waals surface area contributed by atoms with E-state index in [4.69, 9.17) is 4.74 Å². The fourth-order valence-corrected chi connectivity index (χ4v) is 2.43. The molecule has 0 saturated carbocycles. The molecule has 1 fully saturated rings. The van der Waals surface area contributed by atoms with Gasteiger partial charge < -0.3 is 10.1 Å². The number of piperazine rings is 1. The molecule has 0 radical (unpaired) electrons. The van der Waals surface area contributed by atoms with Crippen LogP contribution >= 0.6 is 0 Å². The monoisotopic (exact) mass is 276 g/mol. The number of nitrogens with zero attached hydrogens (tertiary/aromatic N) is 1. The summed E-state index contributed by atoms with van der Waals surface area (Å²) < 4.78 is 5.85. The van der Waals surface area contributed by atoms with Crippen molar-refractivity contribution in [2.45, 2.75) is 32.6 Å². The summed E-state index contributed by atoms with van der Waals surface area (Å²) in [4.78, 5) is 2.45. The highest BCUT2D eigenvalue weighted by Gasteiger charge is 2.17. The number of nitrogens with one attached hydrogen (secondary N) is 1. The minimum atomic E-state index is 0.249. The second kappa shape index (κ2) is 7.09. The van der Waals surface area contributed by atoms with Crippen molar-refractivity contribution in [1.82, 2.24) is 10.2 Å². The SMILES string of the molecule is CCC(C)(C)c1ccc(OCCN2CCNCC2)cc1. The molecule has 1 aliphatic heterocycles. The first-order valence-corrected chi connectivity index (χ1v) is 7.78. The van der Waals surface area contributed by atoms with Gasteiger partial charge in [-0.15, -0.1) is 0 Å². The van der Waals surface area contributed by atoms with E-state index in [1.165, 1.54) is 5.56 Å². The zero-order valence-corrected chi connectivity index (χ0v) is 13.1. The fraction of sp³-hybridized carbons (Fsp3) is 0.647. The molecular weight excluding hydrogens is 248 g/mol. The average molecular weight is 276 g/mol. The predicted octanol–water partition coefficient (Wildman–Crippen LogP) is 2.66. The van der Waals surface area contributed by atoms with E-state index >= 15 is 0 Å². The van der Waals surface area contributed by atoms with E-state index in [0.717, 1.165) is 51.5 Å². The topological polar surface area (TPSA) is 24.5 Å². The van der Waals surface area contributed by atoms with Gasteiger partial charge >= 0.3 is 0 Å². The summed E-state index contributed by atoms with van der Waals surface area (Å²) in [6.45, 7) is 13.1. The van der Waals surface area contributed by atoms with Crippen LogP contribution in [0.4, 0.5) is 0 Å². The predicted molar refractivity (Wildman–Crippen MR) is 84.6 cm³/mol. The van der Waals surface area contributed by atoms with Crippen molar-refractivity contribution >= 4 is 0 Å². The van der Waals surface area contributed by atoms with Crippen LogP contribution in [0.1, 0.15) is 32.8 Å². The summed E-state index contributed by atoms with van der Waals surface area (Å²) in [5.74, 6) is 0.982. The fourth-order valence-electron chi connectivity index (χ4n) is 2.43. The highest BCUT2D eigenvalue weighted by Crippen LogP contribution is 2.27. The lowest BCUT2D eigenvalue weighted by atomic mass is 9.82. The Hall–Kier alpha value is -1.06. The summed E-state index contributed by atoms with van der Waals surface area (Å²) in [6, 6.07) is 8.60. The van der Waals surface area contributed by atoms with E-state index in [1.54, 1.807) is 0 Å². The Morgan fingerprint density at radius 1 is 1.15 bits per heavy atom. The largest absolute Gasteiger partial charge is 0.492 e. The smallest absolute Gasteiger partial charge is 0.119 e. The molecule has 0 aliphatic carbocycles. The number of hydrogen-bond acceptors (Lipinski definition) is 3. The van der Waals surface area contributed by atoms with Crippen LogP contribution in [0.15, 0.2) is 24.3 Å². The molecule has 0 amide bonds. The molecule has 112 valence electrons. The standard InChI is InChI=1S/C17H28N2O/c1-4-17(2,3)15-5-7-16(8-6-15)20-14-13-19-11-9-18-10-12-19/h5-8,18H,4,9-14H2,1-3H3. The number of ether oxygens (including phenoxy) is 1. The van der Waals surface area contributed by atoms with Gasteiger partial charge in [-0.1, -0.05) is 32.9 Å². The Labute approximate surface area is 123 Å². The average Bonchev–Trinajstić information content (AvgIpc) is 2.49. The highest BCUT2D eigenvalue weighted by atomic mass is 16.5. The van der Waals surface area contributed by atoms with Crippen LogP contribution in [0, 0.1) is 0 Å². The van der Waals surface area contributed by atoms with Crippen molar-refractivity contribution in [1.29, 1.82) is 0 Å². The van der Waals surface area contributed by atoms with Crippen LogP contribution < -0.4 is 10.1 Å². The molecule has 3 nitrogen and oxygen atoms in total. The maximum Gasteiger partial charge on any atom is 0.119 e. The lowest BCUT2D eigenvalue weighted by Gasteiger charge is -2.27. The van der Waals surface area contributed by atoms with Gasteiger partial charge in [-0.25, -0.2) is 0 Å². The van der Waals surface area contributed by atoms with Crippen molar-refractivity contribution in [2.24, 2.45) is 0 Å². The molecule has 1 aromatic carbocycles. The molecule has 1 aromatic rings. The normalized spacial score (nSPS) is 17.1. The van der Waals surface area contributed by atoms with Crippen LogP contribution in [-0.2, 0) is 5.41 Å². The van der Waals surface area contributed by atoms with Gasteiger partial charge in [-0.05, 0) is 29.5 Å². The van der Waals surface area contributed by atoms with Crippen LogP contribution in [-0.4, -0.2) is 44.2 Å². The molecule has 1 aliphatic rings. The second-order valence-electron chi connectivity index (χ2n) is 6.20. The Morgan fingerprint density at radius 2 is 1.80 bits per heavy atom. The van der Waals surface area contributed by atoms with Gasteiger partial charge in [0.15, 0.2) is 0 Å². The van der Waals surface area contributed by atoms with Crippen LogP contribution in [0.25, 0.3) is 0 Å². The molecule has 0 spiro atoms. The summed E-state index contributed by atoms with van der Waals surface area (Å²) in [5, 5.41) is 3.37. The van der Waals surface area contributed by atoms with Gasteiger partial charge in [0.1, 0.15) is 12.4 Å². The first-order valence-electron chi connectivity index (χ1n) is 7.78. The van der Waals surface area contributed by atoms with Crippen molar-refractivity contribution in [3.8, 4) is 5.75 Å². The molecule has 20 heavy (non-hydrogen) atoms. The van der Waals surface area contributed by atoms with Gasteiger partial charge in [0.05, 0.1) is 0 Å². The molecule has 0 bridgehead atoms. The van der Waals surface area contributed by atoms with Crippen molar-refractivity contribution in [2.75, 3.05) is 39.3 Å². The third-order valence-corrected chi connectivity index (χ3v) is 4.41. The summed E-state index contributed by atoms with van der Waals surface area (Å²) in [6.07, 6.45) is 1.15. The lowest BCUT2D eigenvalue weighted by molar-refractivity contribution is 0.191. The molecule has 1 N–H and O–H groups in total. The van der Waals surface area contributed by atoms with E-state index in [0.29, 0.717) is 0 Å². The van der Waals surface area contributed by atoms with Gasteiger partial charge in [0, 0.05) is 32.7 Å². The molecule has 3 heteroatoms. The second-order valence-corrected chi connectivity index (χ2v) is 6.20. The van der Waals surface area contributed by atoms with Crippen molar-refractivity contribution < 1.29 is 4.74 Å². The maximum atomic E-state index is 5.85. The van der Waals surface area contributed by atoms with E-state index in [1.807, 2.05) is 0 Å². The number of rotatable bonds is 6. The Kier molecular flexibility index (Phi) is 5.44. The molecular formula is C17H28N2O. The van der Waals surface area contributed by atoms with E-state index in [2.05, 4.69) is 55.3 Å². The van der Waals surface area contributed by atoms with E-state index < -0.39 is 0 Å². The molecule has 0 unspecified atom stereocenters. The Balaban J connectivity index is 1.79. The van der Waals surface area contributed by atoms with Gasteiger partial charge in [-0.2, -0.15) is 0 Å². The summed E-state index contributed by atoms with van der Waals surface area (Å²) in [5.41, 5.74) is 1.63. The quantitative estimate of drug-likeness (QED) is 0.864. The highest BCUT2D eigenvalue weighted by molar-refractivity contribution is 5.31. The van der Waals surface area contributed by atoms with E-state index in [-0.39, 0.29) is 5.41 Å². The van der Waals surface area contributed by atoms with Crippen molar-refractivity contribution in [3.05, 3.63) is 29.8 Å². The van der Waals surface area contributed by atoms with Crippen molar-refractivity contribution in [3.63, 3.8) is 0 Å². The summed E-state index contributed by atoms with van der Waals surface area (Å²) in [7, 11) is 0. The Morgan fingerprint density at radius 3 is 2.40 bits per heavy atom. The van der Waals surface area contributed by atoms with Gasteiger partial charge in [0.2, 0.25) is 0 Å². The van der Waals surface area contributed by atoms with Gasteiger partial charge in [0.25, 0.3) is 0 Å². The van der Waals surface area contributed by atoms with Crippen LogP contribution in [0.3, 0.4) is 0 Å². The maximum absolute atomic E-state index is 5.85. The minimum absolute atomic E-state index is 0.249. The first-order chi connectivity index (χ1) is 9.62. The molecule has 0 atom stereocenters. The molecule has 1 saturated heterocycles. The molecule has 0 aromatic heterocycles. The first kappa shape index (κ1) is 15.3. The molecule has 1 heterocycles. The minimum Gasteiger partial charge on any atom is -0.492 e. The third-order valence-electron chi connectivity index (χ3n) is 4.41. The zero-order valence-electron chi connectivity index (χ0n) is 13.1.